The number of carbonyl (C=O) groups excluding carboxylic acids is 1. The van der Waals surface area contributed by atoms with Crippen LogP contribution >= 0.6 is 0 Å². The normalized spacial score (nSPS) is 9.48. The van der Waals surface area contributed by atoms with Crippen LogP contribution in [0, 0.1) is 11.3 Å². The molecule has 21 heavy (non-hydrogen) atoms. The number of nitriles is 1. The minimum atomic E-state index is -0.156. The van der Waals surface area contributed by atoms with Crippen molar-refractivity contribution in [2.75, 3.05) is 23.8 Å². The third-order valence-electron chi connectivity index (χ3n) is 2.65. The van der Waals surface area contributed by atoms with Crippen molar-refractivity contribution in [2.45, 2.75) is 0 Å². The van der Waals surface area contributed by atoms with E-state index in [1.807, 2.05) is 36.4 Å². The van der Waals surface area contributed by atoms with Gasteiger partial charge in [-0.1, -0.05) is 24.3 Å². The number of hydrogen-bond acceptors (Lipinski definition) is 4. The molecule has 0 aromatic heterocycles. The van der Waals surface area contributed by atoms with Crippen LogP contribution in [0.1, 0.15) is 0 Å². The van der Waals surface area contributed by atoms with Gasteiger partial charge in [-0.2, -0.15) is 5.26 Å². The number of benzene rings is 2. The molecular formula is C16H15N3O2. The molecule has 0 aliphatic carbocycles. The van der Waals surface area contributed by atoms with Crippen LogP contribution in [0.2, 0.25) is 0 Å². The maximum Gasteiger partial charge on any atom is 0.243 e. The zero-order valence-corrected chi connectivity index (χ0v) is 11.4. The number of rotatable bonds is 6. The minimum absolute atomic E-state index is 0.0209. The topological polar surface area (TPSA) is 74.1 Å². The van der Waals surface area contributed by atoms with Crippen molar-refractivity contribution in [3.63, 3.8) is 0 Å². The smallest absolute Gasteiger partial charge is 0.243 e. The molecule has 0 atom stereocenters. The molecule has 106 valence electrons. The molecule has 0 aliphatic rings. The van der Waals surface area contributed by atoms with Crippen LogP contribution in [-0.2, 0) is 4.79 Å². The zero-order chi connectivity index (χ0) is 14.9. The molecule has 0 saturated heterocycles. The van der Waals surface area contributed by atoms with Crippen LogP contribution in [-0.4, -0.2) is 19.1 Å². The van der Waals surface area contributed by atoms with Crippen molar-refractivity contribution in [3.8, 4) is 11.8 Å². The average Bonchev–Trinajstić information content (AvgIpc) is 2.52. The van der Waals surface area contributed by atoms with Crippen LogP contribution < -0.4 is 15.4 Å². The molecule has 2 aromatic rings. The Morgan fingerprint density at radius 2 is 1.86 bits per heavy atom. The molecule has 5 nitrogen and oxygen atoms in total. The fourth-order valence-electron chi connectivity index (χ4n) is 1.72. The van der Waals surface area contributed by atoms with Crippen molar-refractivity contribution in [2.24, 2.45) is 0 Å². The number of hydrogen-bond donors (Lipinski definition) is 2. The van der Waals surface area contributed by atoms with Gasteiger partial charge in [-0.05, 0) is 24.3 Å². The Morgan fingerprint density at radius 1 is 1.10 bits per heavy atom. The Kier molecular flexibility index (Phi) is 5.18. The predicted octanol–water partition coefficient (Wildman–Crippen LogP) is 2.64. The standard InChI is InChI=1S/C16H15N3O2/c17-9-10-21-15-8-4-7-14(11-15)19-16(20)12-18-13-5-2-1-3-6-13/h1-8,11,18H,10,12H2,(H,19,20). The van der Waals surface area contributed by atoms with Crippen molar-refractivity contribution < 1.29 is 9.53 Å². The van der Waals surface area contributed by atoms with E-state index in [4.69, 9.17) is 10.00 Å². The van der Waals surface area contributed by atoms with E-state index in [-0.39, 0.29) is 19.1 Å². The fourth-order valence-corrected chi connectivity index (χ4v) is 1.72. The quantitative estimate of drug-likeness (QED) is 0.853. The van der Waals surface area contributed by atoms with E-state index in [1.165, 1.54) is 0 Å². The Balaban J connectivity index is 1.86. The highest BCUT2D eigenvalue weighted by molar-refractivity contribution is 5.93. The molecule has 0 aliphatic heterocycles. The third-order valence-corrected chi connectivity index (χ3v) is 2.65. The van der Waals surface area contributed by atoms with Gasteiger partial charge in [0.1, 0.15) is 11.8 Å². The number of anilines is 2. The summed E-state index contributed by atoms with van der Waals surface area (Å²) in [6.45, 7) is 0.153. The van der Waals surface area contributed by atoms with E-state index in [9.17, 15) is 4.79 Å². The highest BCUT2D eigenvalue weighted by atomic mass is 16.5. The lowest BCUT2D eigenvalue weighted by Crippen LogP contribution is -2.21. The SMILES string of the molecule is N#CCOc1cccc(NC(=O)CNc2ccccc2)c1. The molecular weight excluding hydrogens is 266 g/mol. The Morgan fingerprint density at radius 3 is 2.62 bits per heavy atom. The van der Waals surface area contributed by atoms with E-state index in [0.717, 1.165) is 5.69 Å². The summed E-state index contributed by atoms with van der Waals surface area (Å²) in [4.78, 5) is 11.8. The second-order valence-corrected chi connectivity index (χ2v) is 4.24. The molecule has 5 heteroatoms. The third kappa shape index (κ3) is 4.88. The first-order chi connectivity index (χ1) is 10.3. The van der Waals surface area contributed by atoms with Crippen LogP contribution in [0.4, 0.5) is 11.4 Å². The van der Waals surface area contributed by atoms with Gasteiger partial charge in [0.2, 0.25) is 5.91 Å². The number of carbonyl (C=O) groups is 1. The summed E-state index contributed by atoms with van der Waals surface area (Å²) in [5.74, 6) is 0.390. The van der Waals surface area contributed by atoms with Crippen LogP contribution in [0.5, 0.6) is 5.75 Å². The van der Waals surface area contributed by atoms with Gasteiger partial charge in [-0.25, -0.2) is 0 Å². The summed E-state index contributed by atoms with van der Waals surface area (Å²) in [6, 6.07) is 18.3. The number of para-hydroxylation sites is 1. The molecule has 0 fully saturated rings. The zero-order valence-electron chi connectivity index (χ0n) is 11.4. The summed E-state index contributed by atoms with van der Waals surface area (Å²) in [5, 5.41) is 14.3. The number of amides is 1. The Bertz CT molecular complexity index is 635. The van der Waals surface area contributed by atoms with Gasteiger partial charge in [0.05, 0.1) is 6.54 Å². The van der Waals surface area contributed by atoms with E-state index >= 15 is 0 Å². The van der Waals surface area contributed by atoms with Crippen molar-refractivity contribution in [1.29, 1.82) is 5.26 Å². The molecule has 2 rings (SSSR count). The maximum absolute atomic E-state index is 11.8. The monoisotopic (exact) mass is 281 g/mol. The lowest BCUT2D eigenvalue weighted by molar-refractivity contribution is -0.114. The molecule has 0 spiro atoms. The van der Waals surface area contributed by atoms with E-state index in [1.54, 1.807) is 24.3 Å². The summed E-state index contributed by atoms with van der Waals surface area (Å²) in [5.41, 5.74) is 1.52. The van der Waals surface area contributed by atoms with Gasteiger partial charge in [-0.3, -0.25) is 4.79 Å². The molecule has 0 unspecified atom stereocenters. The number of ether oxygens (including phenoxy) is 1. The van der Waals surface area contributed by atoms with Gasteiger partial charge >= 0.3 is 0 Å². The van der Waals surface area contributed by atoms with Crippen LogP contribution in [0.15, 0.2) is 54.6 Å². The summed E-state index contributed by atoms with van der Waals surface area (Å²) < 4.78 is 5.18. The summed E-state index contributed by atoms with van der Waals surface area (Å²) in [7, 11) is 0. The van der Waals surface area contributed by atoms with E-state index < -0.39 is 0 Å². The summed E-state index contributed by atoms with van der Waals surface area (Å²) in [6.07, 6.45) is 0. The Hall–Kier alpha value is -3.00. The van der Waals surface area contributed by atoms with Crippen molar-refractivity contribution >= 4 is 17.3 Å². The summed E-state index contributed by atoms with van der Waals surface area (Å²) >= 11 is 0. The second-order valence-electron chi connectivity index (χ2n) is 4.24. The average molecular weight is 281 g/mol. The van der Waals surface area contributed by atoms with Crippen LogP contribution in [0.3, 0.4) is 0 Å². The molecule has 2 aromatic carbocycles. The first-order valence-electron chi connectivity index (χ1n) is 6.46. The fraction of sp³-hybridized carbons (Fsp3) is 0.125. The maximum atomic E-state index is 11.8. The predicted molar refractivity (Wildman–Crippen MR) is 81.1 cm³/mol. The van der Waals surface area contributed by atoms with E-state index in [2.05, 4.69) is 10.6 Å². The molecule has 0 heterocycles. The first kappa shape index (κ1) is 14.4. The van der Waals surface area contributed by atoms with Gasteiger partial charge in [0.25, 0.3) is 0 Å². The van der Waals surface area contributed by atoms with Gasteiger partial charge in [0, 0.05) is 17.4 Å². The molecule has 2 N–H and O–H groups in total. The van der Waals surface area contributed by atoms with Gasteiger partial charge in [0.15, 0.2) is 6.61 Å². The highest BCUT2D eigenvalue weighted by Gasteiger charge is 2.03. The van der Waals surface area contributed by atoms with E-state index in [0.29, 0.717) is 11.4 Å². The van der Waals surface area contributed by atoms with Crippen molar-refractivity contribution in [3.05, 3.63) is 54.6 Å². The molecule has 0 radical (unpaired) electrons. The molecule has 1 amide bonds. The molecule has 0 saturated carbocycles. The van der Waals surface area contributed by atoms with Crippen molar-refractivity contribution in [1.82, 2.24) is 0 Å². The number of nitrogens with zero attached hydrogens (tertiary/aromatic N) is 1. The first-order valence-corrected chi connectivity index (χ1v) is 6.46. The lowest BCUT2D eigenvalue weighted by atomic mass is 10.3. The van der Waals surface area contributed by atoms with Gasteiger partial charge < -0.3 is 15.4 Å². The number of nitrogens with one attached hydrogen (secondary N) is 2. The highest BCUT2D eigenvalue weighted by Crippen LogP contribution is 2.17. The second kappa shape index (κ2) is 7.56. The minimum Gasteiger partial charge on any atom is -0.479 e. The largest absolute Gasteiger partial charge is 0.479 e. The molecule has 0 bridgehead atoms. The lowest BCUT2D eigenvalue weighted by Gasteiger charge is -2.09. The van der Waals surface area contributed by atoms with Gasteiger partial charge in [-0.15, -0.1) is 0 Å². The Labute approximate surface area is 123 Å². The van der Waals surface area contributed by atoms with Crippen LogP contribution in [0.25, 0.3) is 0 Å².